The fourth-order valence-electron chi connectivity index (χ4n) is 3.54. The molecule has 0 spiro atoms. The third kappa shape index (κ3) is 3.59. The summed E-state index contributed by atoms with van der Waals surface area (Å²) in [7, 11) is 0. The van der Waals surface area contributed by atoms with Gasteiger partial charge in [-0.25, -0.2) is 9.38 Å². The lowest BCUT2D eigenvalue weighted by molar-refractivity contribution is -0.182. The first-order valence-corrected chi connectivity index (χ1v) is 8.87. The van der Waals surface area contributed by atoms with Crippen LogP contribution < -0.4 is 20.8 Å². The van der Waals surface area contributed by atoms with Crippen LogP contribution in [-0.4, -0.2) is 53.7 Å². The summed E-state index contributed by atoms with van der Waals surface area (Å²) in [5.41, 5.74) is 2.83. The zero-order valence-electron chi connectivity index (χ0n) is 15.1. The number of nitrogens with one attached hydrogen (secondary N) is 3. The SMILES string of the molecule is Cc1cc(F)c2c(c1)OC[C@H](NC(=O)C1=NC3CC[C@@H](C(F)(F)F)N3N1)C(=O)N2. The summed E-state index contributed by atoms with van der Waals surface area (Å²) in [4.78, 5) is 28.8. The minimum absolute atomic E-state index is 0.123. The van der Waals surface area contributed by atoms with Crippen molar-refractivity contribution in [3.8, 4) is 5.75 Å². The van der Waals surface area contributed by atoms with Gasteiger partial charge in [-0.1, -0.05) is 0 Å². The Morgan fingerprint density at radius 1 is 1.34 bits per heavy atom. The summed E-state index contributed by atoms with van der Waals surface area (Å²) in [6.07, 6.45) is -5.23. The van der Waals surface area contributed by atoms with Crippen molar-refractivity contribution >= 4 is 23.3 Å². The van der Waals surface area contributed by atoms with Gasteiger partial charge in [-0.2, -0.15) is 18.2 Å². The van der Waals surface area contributed by atoms with Crippen molar-refractivity contribution in [3.63, 3.8) is 0 Å². The number of amides is 2. The zero-order chi connectivity index (χ0) is 20.9. The number of hydrazine groups is 1. The molecule has 2 amide bonds. The van der Waals surface area contributed by atoms with E-state index in [1.54, 1.807) is 6.92 Å². The van der Waals surface area contributed by atoms with Crippen LogP contribution in [0.3, 0.4) is 0 Å². The number of rotatable bonds is 2. The molecule has 3 atom stereocenters. The van der Waals surface area contributed by atoms with Gasteiger partial charge in [0.25, 0.3) is 11.8 Å². The summed E-state index contributed by atoms with van der Waals surface area (Å²) in [6, 6.07) is -0.167. The lowest BCUT2D eigenvalue weighted by Crippen LogP contribution is -2.54. The van der Waals surface area contributed by atoms with Crippen molar-refractivity contribution < 1.29 is 31.9 Å². The Labute approximate surface area is 162 Å². The fraction of sp³-hybridized carbons (Fsp3) is 0.471. The lowest BCUT2D eigenvalue weighted by Gasteiger charge is -2.25. The van der Waals surface area contributed by atoms with Gasteiger partial charge in [0.1, 0.15) is 36.3 Å². The number of hydrogen-bond acceptors (Lipinski definition) is 6. The quantitative estimate of drug-likeness (QED) is 0.632. The summed E-state index contributed by atoms with van der Waals surface area (Å²) < 4.78 is 58.7. The van der Waals surface area contributed by atoms with E-state index in [2.05, 4.69) is 21.1 Å². The fourth-order valence-corrected chi connectivity index (χ4v) is 3.54. The number of carbonyl (C=O) groups is 2. The number of aryl methyl sites for hydroxylation is 1. The first-order valence-electron chi connectivity index (χ1n) is 8.87. The number of nitrogens with zero attached hydrogens (tertiary/aromatic N) is 2. The van der Waals surface area contributed by atoms with Crippen LogP contribution in [0.1, 0.15) is 18.4 Å². The minimum Gasteiger partial charge on any atom is -0.489 e. The monoisotopic (exact) mass is 415 g/mol. The highest BCUT2D eigenvalue weighted by molar-refractivity contribution is 6.38. The van der Waals surface area contributed by atoms with Crippen molar-refractivity contribution in [3.05, 3.63) is 23.5 Å². The number of alkyl halides is 3. The van der Waals surface area contributed by atoms with Crippen molar-refractivity contribution in [1.29, 1.82) is 0 Å². The molecule has 1 aromatic rings. The van der Waals surface area contributed by atoms with Crippen LogP contribution in [0.4, 0.5) is 23.2 Å². The van der Waals surface area contributed by atoms with Gasteiger partial charge in [-0.05, 0) is 37.5 Å². The van der Waals surface area contributed by atoms with Gasteiger partial charge in [0.15, 0.2) is 5.82 Å². The molecule has 3 aliphatic rings. The van der Waals surface area contributed by atoms with Crippen molar-refractivity contribution in [2.45, 2.75) is 44.2 Å². The highest BCUT2D eigenvalue weighted by Crippen LogP contribution is 2.36. The molecule has 0 radical (unpaired) electrons. The lowest BCUT2D eigenvalue weighted by atomic mass is 10.2. The second-order valence-corrected chi connectivity index (χ2v) is 7.06. The maximum absolute atomic E-state index is 14.1. The number of benzene rings is 1. The first-order chi connectivity index (χ1) is 13.6. The molecule has 156 valence electrons. The van der Waals surface area contributed by atoms with Crippen molar-refractivity contribution in [2.24, 2.45) is 4.99 Å². The molecule has 1 unspecified atom stereocenters. The predicted octanol–water partition coefficient (Wildman–Crippen LogP) is 1.22. The molecule has 1 aromatic carbocycles. The van der Waals surface area contributed by atoms with Crippen LogP contribution in [-0.2, 0) is 9.59 Å². The molecule has 3 N–H and O–H groups in total. The number of carbonyl (C=O) groups excluding carboxylic acids is 2. The molecular formula is C17H17F4N5O3. The molecular weight excluding hydrogens is 398 g/mol. The van der Waals surface area contributed by atoms with Gasteiger partial charge in [0.2, 0.25) is 5.84 Å². The Morgan fingerprint density at radius 3 is 2.83 bits per heavy atom. The number of halogens is 4. The van der Waals surface area contributed by atoms with Crippen molar-refractivity contribution in [1.82, 2.24) is 15.8 Å². The van der Waals surface area contributed by atoms with Gasteiger partial charge in [0.05, 0.1) is 0 Å². The largest absolute Gasteiger partial charge is 0.489 e. The van der Waals surface area contributed by atoms with Crippen LogP contribution in [0.25, 0.3) is 0 Å². The molecule has 12 heteroatoms. The smallest absolute Gasteiger partial charge is 0.405 e. The normalized spacial score (nSPS) is 26.4. The predicted molar refractivity (Wildman–Crippen MR) is 92.5 cm³/mol. The molecule has 3 aliphatic heterocycles. The number of ether oxygens (including phenoxy) is 1. The van der Waals surface area contributed by atoms with Gasteiger partial charge in [-0.3, -0.25) is 15.0 Å². The van der Waals surface area contributed by atoms with E-state index in [1.807, 2.05) is 0 Å². The second-order valence-electron chi connectivity index (χ2n) is 7.06. The second kappa shape index (κ2) is 6.87. The van der Waals surface area contributed by atoms with Crippen LogP contribution in [0, 0.1) is 12.7 Å². The number of amidine groups is 1. The molecule has 1 fully saturated rings. The maximum atomic E-state index is 14.1. The van der Waals surface area contributed by atoms with Gasteiger partial charge >= 0.3 is 6.18 Å². The maximum Gasteiger partial charge on any atom is 0.405 e. The Balaban J connectivity index is 1.43. The van der Waals surface area contributed by atoms with E-state index in [0.717, 1.165) is 5.01 Å². The molecule has 0 bridgehead atoms. The Hall–Kier alpha value is -2.89. The van der Waals surface area contributed by atoms with E-state index in [9.17, 15) is 27.2 Å². The molecule has 0 saturated carbocycles. The average Bonchev–Trinajstić information content (AvgIpc) is 3.16. The zero-order valence-corrected chi connectivity index (χ0v) is 15.1. The molecule has 0 aromatic heterocycles. The molecule has 8 nitrogen and oxygen atoms in total. The van der Waals surface area contributed by atoms with Crippen LogP contribution >= 0.6 is 0 Å². The third-order valence-electron chi connectivity index (χ3n) is 4.94. The topological polar surface area (TPSA) is 95.1 Å². The summed E-state index contributed by atoms with van der Waals surface area (Å²) in [5, 5.41) is 5.62. The van der Waals surface area contributed by atoms with Crippen LogP contribution in [0.5, 0.6) is 5.75 Å². The number of fused-ring (bicyclic) bond motifs is 2. The number of aliphatic imine (C=N–C) groups is 1. The highest BCUT2D eigenvalue weighted by Gasteiger charge is 2.52. The van der Waals surface area contributed by atoms with E-state index in [0.29, 0.717) is 5.56 Å². The Morgan fingerprint density at radius 2 is 2.10 bits per heavy atom. The van der Waals surface area contributed by atoms with E-state index < -0.39 is 42.1 Å². The molecule has 4 rings (SSSR count). The van der Waals surface area contributed by atoms with E-state index in [4.69, 9.17) is 4.74 Å². The Kier molecular flexibility index (Phi) is 4.60. The van der Waals surface area contributed by atoms with Gasteiger partial charge in [-0.15, -0.1) is 0 Å². The highest BCUT2D eigenvalue weighted by atomic mass is 19.4. The molecule has 1 saturated heterocycles. The van der Waals surface area contributed by atoms with Crippen LogP contribution in [0.2, 0.25) is 0 Å². The van der Waals surface area contributed by atoms with E-state index in [-0.39, 0.29) is 36.7 Å². The number of anilines is 1. The number of hydrogen-bond donors (Lipinski definition) is 3. The third-order valence-corrected chi connectivity index (χ3v) is 4.94. The van der Waals surface area contributed by atoms with Gasteiger partial charge in [0, 0.05) is 0 Å². The molecule has 0 aliphatic carbocycles. The van der Waals surface area contributed by atoms with E-state index >= 15 is 0 Å². The molecule has 29 heavy (non-hydrogen) atoms. The summed E-state index contributed by atoms with van der Waals surface area (Å²) in [6.45, 7) is 1.38. The molecule has 3 heterocycles. The van der Waals surface area contributed by atoms with Crippen molar-refractivity contribution in [2.75, 3.05) is 11.9 Å². The first kappa shape index (κ1) is 19.4. The summed E-state index contributed by atoms with van der Waals surface area (Å²) in [5.74, 6) is -2.45. The van der Waals surface area contributed by atoms with Crippen LogP contribution in [0.15, 0.2) is 17.1 Å². The minimum atomic E-state index is -4.45. The van der Waals surface area contributed by atoms with Gasteiger partial charge < -0.3 is 15.4 Å². The van der Waals surface area contributed by atoms with E-state index in [1.165, 1.54) is 12.1 Å². The average molecular weight is 415 g/mol. The Bertz CT molecular complexity index is 904. The standard InChI is InChI=1S/C17H17F4N5O3/c1-7-4-8(18)13-10(5-7)29-6-9(15(27)24-13)22-16(28)14-23-12-3-2-11(17(19,20)21)26(12)25-14/h4-5,9,11-12H,2-3,6H2,1H3,(H,22,28)(H,23,25)(H,24,27)/t9-,11-,12?/m0/s1. The summed E-state index contributed by atoms with van der Waals surface area (Å²) >= 11 is 0.